The van der Waals surface area contributed by atoms with Gasteiger partial charge in [0.05, 0.1) is 0 Å². The molecule has 0 fully saturated rings. The van der Waals surface area contributed by atoms with Gasteiger partial charge in [0, 0.05) is 21.5 Å². The molecule has 0 bridgehead atoms. The number of para-hydroxylation sites is 1. The molecule has 7 nitrogen and oxygen atoms in total. The Balaban J connectivity index is 1.51. The van der Waals surface area contributed by atoms with Gasteiger partial charge in [-0.2, -0.15) is 11.8 Å². The van der Waals surface area contributed by atoms with Crippen molar-refractivity contribution in [2.75, 3.05) is 5.75 Å². The first-order valence-corrected chi connectivity index (χ1v) is 14.6. The Morgan fingerprint density at radius 2 is 1.44 bits per heavy atom. The van der Waals surface area contributed by atoms with Crippen molar-refractivity contribution in [3.05, 3.63) is 136 Å². The lowest BCUT2D eigenvalue weighted by molar-refractivity contribution is -0.140. The number of ether oxygens (including phenoxy) is 1. The molecule has 0 spiro atoms. The molecule has 9 heteroatoms. The second-order valence-corrected chi connectivity index (χ2v) is 10.8. The van der Waals surface area contributed by atoms with E-state index in [0.29, 0.717) is 28.4 Å². The van der Waals surface area contributed by atoms with Crippen molar-refractivity contribution >= 4 is 51.6 Å². The fourth-order valence-corrected chi connectivity index (χ4v) is 4.93. The van der Waals surface area contributed by atoms with Gasteiger partial charge in [0.15, 0.2) is 0 Å². The Labute approximate surface area is 250 Å². The molecule has 1 atom stereocenters. The molecule has 4 aromatic carbocycles. The zero-order valence-corrected chi connectivity index (χ0v) is 24.2. The number of carboxylic acid groups (broad SMARTS) is 1. The van der Waals surface area contributed by atoms with Crippen LogP contribution in [0.2, 0.25) is 0 Å². The highest BCUT2D eigenvalue weighted by molar-refractivity contribution is 9.10. The van der Waals surface area contributed by atoms with Gasteiger partial charge in [-0.3, -0.25) is 9.59 Å². The second-order valence-electron chi connectivity index (χ2n) is 8.87. The average molecular weight is 632 g/mol. The molecular weight excluding hydrogens is 604 g/mol. The fraction of sp³-hybridized carbons (Fsp3) is 0.0938. The first kappa shape index (κ1) is 29.6. The summed E-state index contributed by atoms with van der Waals surface area (Å²) in [6.45, 7) is 0. The van der Waals surface area contributed by atoms with E-state index in [1.807, 2.05) is 60.7 Å². The van der Waals surface area contributed by atoms with Crippen LogP contribution >= 0.6 is 27.7 Å². The number of carboxylic acids is 1. The summed E-state index contributed by atoms with van der Waals surface area (Å²) >= 11 is 4.73. The van der Waals surface area contributed by atoms with Crippen molar-refractivity contribution in [3.8, 4) is 11.5 Å². The second kappa shape index (κ2) is 14.9. The molecule has 0 aromatic heterocycles. The normalized spacial score (nSPS) is 11.8. The molecule has 0 saturated heterocycles. The smallest absolute Gasteiger partial charge is 0.327 e. The van der Waals surface area contributed by atoms with Crippen LogP contribution in [0.15, 0.2) is 119 Å². The van der Waals surface area contributed by atoms with Gasteiger partial charge in [0.2, 0.25) is 0 Å². The van der Waals surface area contributed by atoms with E-state index in [0.717, 1.165) is 10.0 Å². The van der Waals surface area contributed by atoms with Crippen LogP contribution in [0, 0.1) is 0 Å². The highest BCUT2D eigenvalue weighted by Crippen LogP contribution is 2.22. The number of carbonyl (C=O) groups is 3. The van der Waals surface area contributed by atoms with Crippen LogP contribution in [0.5, 0.6) is 11.5 Å². The number of halogens is 1. The van der Waals surface area contributed by atoms with Gasteiger partial charge in [-0.15, -0.1) is 0 Å². The van der Waals surface area contributed by atoms with Gasteiger partial charge in [0.1, 0.15) is 23.2 Å². The van der Waals surface area contributed by atoms with Crippen LogP contribution in [-0.2, 0) is 15.3 Å². The minimum Gasteiger partial charge on any atom is -0.480 e. The quantitative estimate of drug-likeness (QED) is 0.154. The summed E-state index contributed by atoms with van der Waals surface area (Å²) < 4.78 is 6.63. The van der Waals surface area contributed by atoms with Crippen molar-refractivity contribution in [1.82, 2.24) is 10.6 Å². The minimum absolute atomic E-state index is 0.0889. The number of hydrogen-bond donors (Lipinski definition) is 3. The molecule has 0 saturated carbocycles. The van der Waals surface area contributed by atoms with Gasteiger partial charge in [-0.1, -0.05) is 76.6 Å². The molecule has 208 valence electrons. The van der Waals surface area contributed by atoms with Crippen LogP contribution in [0.3, 0.4) is 0 Å². The molecule has 4 rings (SSSR count). The number of amides is 2. The Kier molecular flexibility index (Phi) is 10.8. The first-order chi connectivity index (χ1) is 19.9. The first-order valence-electron chi connectivity index (χ1n) is 12.6. The van der Waals surface area contributed by atoms with Gasteiger partial charge in [0.25, 0.3) is 11.8 Å². The van der Waals surface area contributed by atoms with Crippen LogP contribution < -0.4 is 15.4 Å². The maximum Gasteiger partial charge on any atom is 0.327 e. The van der Waals surface area contributed by atoms with Crippen LogP contribution in [0.25, 0.3) is 6.08 Å². The Bertz CT molecular complexity index is 1500. The van der Waals surface area contributed by atoms with Crippen molar-refractivity contribution in [2.45, 2.75) is 11.8 Å². The summed E-state index contributed by atoms with van der Waals surface area (Å²) in [6.07, 6.45) is 1.49. The zero-order chi connectivity index (χ0) is 29.0. The van der Waals surface area contributed by atoms with E-state index in [9.17, 15) is 19.5 Å². The molecule has 0 heterocycles. The fourth-order valence-electron chi connectivity index (χ4n) is 3.66. The van der Waals surface area contributed by atoms with Gasteiger partial charge >= 0.3 is 5.97 Å². The molecule has 0 unspecified atom stereocenters. The largest absolute Gasteiger partial charge is 0.480 e. The lowest BCUT2D eigenvalue weighted by Crippen LogP contribution is -2.45. The molecule has 4 aromatic rings. The molecular formula is C32H27BrN2O5S. The summed E-state index contributed by atoms with van der Waals surface area (Å²) in [5.74, 6) is -0.362. The van der Waals surface area contributed by atoms with E-state index in [1.165, 1.54) is 17.8 Å². The standard InChI is InChI=1S/C32H27BrN2O5S/c33-25-15-13-24(14-16-25)30(36)34-28(19-22-11-17-27(18-12-22)40-26-9-5-2-6-10-26)31(37)35-29(32(38)39)21-41-20-23-7-3-1-4-8-23/h1-19,29H,20-21H2,(H,34,36)(H,35,37)(H,38,39)/b28-19-/t29-/m0/s1. The van der Waals surface area contributed by atoms with Gasteiger partial charge in [-0.05, 0) is 65.7 Å². The molecule has 0 radical (unpaired) electrons. The predicted octanol–water partition coefficient (Wildman–Crippen LogP) is 6.52. The van der Waals surface area contributed by atoms with Gasteiger partial charge in [-0.25, -0.2) is 4.79 Å². The average Bonchev–Trinajstić information content (AvgIpc) is 2.98. The molecule has 0 aliphatic rings. The SMILES string of the molecule is O=C(N[C@@H](CSCc1ccccc1)C(=O)O)/C(=C/c1ccc(Oc2ccccc2)cc1)NC(=O)c1ccc(Br)cc1. The lowest BCUT2D eigenvalue weighted by Gasteiger charge is -2.17. The van der Waals surface area contributed by atoms with Crippen molar-refractivity contribution in [2.24, 2.45) is 0 Å². The maximum absolute atomic E-state index is 13.3. The minimum atomic E-state index is -1.17. The summed E-state index contributed by atoms with van der Waals surface area (Å²) in [7, 11) is 0. The summed E-state index contributed by atoms with van der Waals surface area (Å²) in [6, 6.07) is 31.4. The molecule has 2 amide bonds. The molecule has 0 aliphatic carbocycles. The molecule has 3 N–H and O–H groups in total. The number of carbonyl (C=O) groups excluding carboxylic acids is 2. The number of hydrogen-bond acceptors (Lipinski definition) is 5. The van der Waals surface area contributed by atoms with E-state index < -0.39 is 23.8 Å². The Morgan fingerprint density at radius 1 is 0.829 bits per heavy atom. The van der Waals surface area contributed by atoms with Crippen LogP contribution in [0.4, 0.5) is 0 Å². The number of rotatable bonds is 12. The van der Waals surface area contributed by atoms with Crippen molar-refractivity contribution in [3.63, 3.8) is 0 Å². The van der Waals surface area contributed by atoms with Crippen molar-refractivity contribution < 1.29 is 24.2 Å². The van der Waals surface area contributed by atoms with Crippen LogP contribution in [0.1, 0.15) is 21.5 Å². The summed E-state index contributed by atoms with van der Waals surface area (Å²) in [4.78, 5) is 38.3. The third-order valence-electron chi connectivity index (χ3n) is 5.77. The maximum atomic E-state index is 13.3. The van der Waals surface area contributed by atoms with E-state index in [4.69, 9.17) is 4.74 Å². The van der Waals surface area contributed by atoms with Gasteiger partial charge < -0.3 is 20.5 Å². The molecule has 0 aliphatic heterocycles. The monoisotopic (exact) mass is 630 g/mol. The van der Waals surface area contributed by atoms with E-state index in [-0.39, 0.29) is 11.4 Å². The van der Waals surface area contributed by atoms with Crippen molar-refractivity contribution in [1.29, 1.82) is 0 Å². The highest BCUT2D eigenvalue weighted by atomic mass is 79.9. The molecule has 41 heavy (non-hydrogen) atoms. The highest BCUT2D eigenvalue weighted by Gasteiger charge is 2.23. The number of thioether (sulfide) groups is 1. The Hall–Kier alpha value is -4.34. The Morgan fingerprint density at radius 3 is 2.07 bits per heavy atom. The topological polar surface area (TPSA) is 105 Å². The predicted molar refractivity (Wildman–Crippen MR) is 165 cm³/mol. The number of benzene rings is 4. The summed E-state index contributed by atoms with van der Waals surface area (Å²) in [5.41, 5.74) is 1.91. The van der Waals surface area contributed by atoms with E-state index >= 15 is 0 Å². The lowest BCUT2D eigenvalue weighted by atomic mass is 10.1. The van der Waals surface area contributed by atoms with Crippen LogP contribution in [-0.4, -0.2) is 34.7 Å². The van der Waals surface area contributed by atoms with E-state index in [1.54, 1.807) is 48.5 Å². The summed E-state index contributed by atoms with van der Waals surface area (Å²) in [5, 5.41) is 15.0. The number of aliphatic carboxylic acids is 1. The number of nitrogens with one attached hydrogen (secondary N) is 2. The third kappa shape index (κ3) is 9.37. The zero-order valence-electron chi connectivity index (χ0n) is 21.8. The van der Waals surface area contributed by atoms with E-state index in [2.05, 4.69) is 26.6 Å². The third-order valence-corrected chi connectivity index (χ3v) is 7.40.